The standard InChI is InChI=1S/C24H23N5O3S2/c1-16-11-12-33-21(16)14-25-26-22(30)15-34-24-28-27-23(29(24)18-7-5-4-6-8-18)17-9-10-19(31-2)20(13-17)32-3/h4-14H,15H2,1-3H3,(H,26,30)/b25-14-. The number of para-hydroxylation sites is 1. The topological polar surface area (TPSA) is 90.6 Å². The molecule has 0 aliphatic carbocycles. The van der Waals surface area contributed by atoms with Gasteiger partial charge in [0.05, 0.1) is 26.2 Å². The molecule has 0 saturated heterocycles. The van der Waals surface area contributed by atoms with Crippen LogP contribution in [0.1, 0.15) is 10.4 Å². The van der Waals surface area contributed by atoms with Gasteiger partial charge in [0.15, 0.2) is 22.5 Å². The van der Waals surface area contributed by atoms with Crippen molar-refractivity contribution in [2.45, 2.75) is 12.1 Å². The van der Waals surface area contributed by atoms with Crippen molar-refractivity contribution in [2.24, 2.45) is 5.10 Å². The Morgan fingerprint density at radius 1 is 1.12 bits per heavy atom. The zero-order valence-corrected chi connectivity index (χ0v) is 20.5. The lowest BCUT2D eigenvalue weighted by Gasteiger charge is -2.12. The van der Waals surface area contributed by atoms with Crippen LogP contribution in [0.5, 0.6) is 11.5 Å². The molecule has 0 fully saturated rings. The number of carbonyl (C=O) groups is 1. The molecule has 2 aromatic carbocycles. The van der Waals surface area contributed by atoms with E-state index in [9.17, 15) is 4.79 Å². The molecule has 0 saturated carbocycles. The molecule has 0 aliphatic heterocycles. The first-order valence-corrected chi connectivity index (χ1v) is 12.2. The highest BCUT2D eigenvalue weighted by molar-refractivity contribution is 7.99. The molecule has 0 atom stereocenters. The quantitative estimate of drug-likeness (QED) is 0.209. The van der Waals surface area contributed by atoms with Crippen molar-refractivity contribution in [3.8, 4) is 28.6 Å². The summed E-state index contributed by atoms with van der Waals surface area (Å²) in [6.07, 6.45) is 1.66. The summed E-state index contributed by atoms with van der Waals surface area (Å²) in [5.41, 5.74) is 5.38. The molecule has 1 amide bonds. The third-order valence-electron chi connectivity index (χ3n) is 4.89. The molecule has 0 bridgehead atoms. The van der Waals surface area contributed by atoms with Gasteiger partial charge >= 0.3 is 0 Å². The Bertz CT molecular complexity index is 1300. The molecule has 0 unspecified atom stereocenters. The average molecular weight is 494 g/mol. The number of aromatic nitrogens is 3. The number of carbonyl (C=O) groups excluding carboxylic acids is 1. The number of thiophene rings is 1. The maximum atomic E-state index is 12.4. The van der Waals surface area contributed by atoms with Gasteiger partial charge in [-0.3, -0.25) is 9.36 Å². The van der Waals surface area contributed by atoms with Gasteiger partial charge in [-0.2, -0.15) is 5.10 Å². The molecule has 0 spiro atoms. The summed E-state index contributed by atoms with van der Waals surface area (Å²) >= 11 is 2.86. The van der Waals surface area contributed by atoms with Crippen molar-refractivity contribution in [2.75, 3.05) is 20.0 Å². The van der Waals surface area contributed by atoms with Crippen molar-refractivity contribution in [3.05, 3.63) is 70.4 Å². The normalized spacial score (nSPS) is 11.0. The van der Waals surface area contributed by atoms with E-state index in [1.54, 1.807) is 31.8 Å². The van der Waals surface area contributed by atoms with Crippen LogP contribution >= 0.6 is 23.1 Å². The fraction of sp³-hybridized carbons (Fsp3) is 0.167. The molecule has 34 heavy (non-hydrogen) atoms. The first kappa shape index (κ1) is 23.5. The van der Waals surface area contributed by atoms with Gasteiger partial charge in [-0.15, -0.1) is 21.5 Å². The predicted molar refractivity (Wildman–Crippen MR) is 135 cm³/mol. The highest BCUT2D eigenvalue weighted by Gasteiger charge is 2.18. The Morgan fingerprint density at radius 2 is 1.91 bits per heavy atom. The maximum absolute atomic E-state index is 12.4. The first-order chi connectivity index (χ1) is 16.6. The zero-order valence-electron chi connectivity index (χ0n) is 18.9. The zero-order chi connectivity index (χ0) is 23.9. The molecule has 174 valence electrons. The number of nitrogens with zero attached hydrogens (tertiary/aromatic N) is 4. The summed E-state index contributed by atoms with van der Waals surface area (Å²) in [6.45, 7) is 2.00. The maximum Gasteiger partial charge on any atom is 0.250 e. The minimum Gasteiger partial charge on any atom is -0.493 e. The van der Waals surface area contributed by atoms with Crippen molar-refractivity contribution in [1.29, 1.82) is 0 Å². The van der Waals surface area contributed by atoms with E-state index in [1.165, 1.54) is 11.8 Å². The number of aryl methyl sites for hydroxylation is 1. The van der Waals surface area contributed by atoms with Gasteiger partial charge in [0.25, 0.3) is 5.91 Å². The molecule has 4 rings (SSSR count). The van der Waals surface area contributed by atoms with Gasteiger partial charge in [0, 0.05) is 16.1 Å². The number of hydrogen-bond acceptors (Lipinski definition) is 8. The summed E-state index contributed by atoms with van der Waals surface area (Å²) in [5, 5.41) is 15.4. The molecule has 8 nitrogen and oxygen atoms in total. The van der Waals surface area contributed by atoms with Gasteiger partial charge in [-0.05, 0) is 54.3 Å². The number of ether oxygens (including phenoxy) is 2. The van der Waals surface area contributed by atoms with Crippen LogP contribution < -0.4 is 14.9 Å². The summed E-state index contributed by atoms with van der Waals surface area (Å²) in [5.74, 6) is 1.75. The monoisotopic (exact) mass is 493 g/mol. The van der Waals surface area contributed by atoms with Crippen LogP contribution in [0.2, 0.25) is 0 Å². The predicted octanol–water partition coefficient (Wildman–Crippen LogP) is 4.56. The average Bonchev–Trinajstić information content (AvgIpc) is 3.48. The van der Waals surface area contributed by atoms with Crippen LogP contribution in [0.25, 0.3) is 17.1 Å². The molecular formula is C24H23N5O3S2. The number of benzene rings is 2. The van der Waals surface area contributed by atoms with E-state index in [2.05, 4.69) is 20.7 Å². The van der Waals surface area contributed by atoms with E-state index in [0.29, 0.717) is 22.5 Å². The van der Waals surface area contributed by atoms with Crippen LogP contribution in [0, 0.1) is 6.92 Å². The van der Waals surface area contributed by atoms with E-state index in [4.69, 9.17) is 9.47 Å². The molecule has 0 aliphatic rings. The van der Waals surface area contributed by atoms with Crippen LogP contribution in [-0.4, -0.2) is 46.9 Å². The Hall–Kier alpha value is -3.63. The number of amides is 1. The van der Waals surface area contributed by atoms with Crippen LogP contribution in [-0.2, 0) is 4.79 Å². The third kappa shape index (κ3) is 5.29. The van der Waals surface area contributed by atoms with E-state index >= 15 is 0 Å². The molecule has 1 N–H and O–H groups in total. The smallest absolute Gasteiger partial charge is 0.250 e. The molecule has 0 radical (unpaired) electrons. The molecule has 10 heteroatoms. The van der Waals surface area contributed by atoms with Crippen LogP contribution in [0.15, 0.2) is 70.2 Å². The number of rotatable bonds is 9. The molecule has 2 aromatic heterocycles. The van der Waals surface area contributed by atoms with Crippen molar-refractivity contribution < 1.29 is 14.3 Å². The first-order valence-electron chi connectivity index (χ1n) is 10.3. The van der Waals surface area contributed by atoms with E-state index < -0.39 is 0 Å². The van der Waals surface area contributed by atoms with E-state index in [1.807, 2.05) is 71.5 Å². The largest absolute Gasteiger partial charge is 0.493 e. The molecular weight excluding hydrogens is 470 g/mol. The third-order valence-corrected chi connectivity index (χ3v) is 6.78. The number of hydrogen-bond donors (Lipinski definition) is 1. The SMILES string of the molecule is COc1ccc(-c2nnc(SCC(=O)N/N=C\c3sccc3C)n2-c2ccccc2)cc1OC. The van der Waals surface area contributed by atoms with Crippen molar-refractivity contribution in [3.63, 3.8) is 0 Å². The second kappa shape index (κ2) is 11.0. The minimum absolute atomic E-state index is 0.137. The number of nitrogens with one attached hydrogen (secondary N) is 1. The fourth-order valence-corrected chi connectivity index (χ4v) is 4.71. The van der Waals surface area contributed by atoms with Gasteiger partial charge in [0.2, 0.25) is 0 Å². The van der Waals surface area contributed by atoms with Gasteiger partial charge < -0.3 is 9.47 Å². The Labute approximate surface area is 205 Å². The van der Waals surface area contributed by atoms with Crippen molar-refractivity contribution >= 4 is 35.2 Å². The summed E-state index contributed by atoms with van der Waals surface area (Å²) in [7, 11) is 3.18. The number of thioether (sulfide) groups is 1. The lowest BCUT2D eigenvalue weighted by Crippen LogP contribution is -2.20. The Balaban J connectivity index is 1.56. The summed E-state index contributed by atoms with van der Waals surface area (Å²) in [4.78, 5) is 13.4. The second-order valence-electron chi connectivity index (χ2n) is 7.10. The number of hydrazone groups is 1. The van der Waals surface area contributed by atoms with Crippen LogP contribution in [0.4, 0.5) is 0 Å². The lowest BCUT2D eigenvalue weighted by molar-refractivity contribution is -0.118. The second-order valence-corrected chi connectivity index (χ2v) is 8.99. The van der Waals surface area contributed by atoms with Crippen LogP contribution in [0.3, 0.4) is 0 Å². The highest BCUT2D eigenvalue weighted by Crippen LogP contribution is 2.34. The fourth-order valence-electron chi connectivity index (χ4n) is 3.18. The molecule has 2 heterocycles. The summed E-state index contributed by atoms with van der Waals surface area (Å²) in [6, 6.07) is 17.3. The van der Waals surface area contributed by atoms with E-state index in [0.717, 1.165) is 21.7 Å². The van der Waals surface area contributed by atoms with Gasteiger partial charge in [0.1, 0.15) is 0 Å². The Morgan fingerprint density at radius 3 is 2.62 bits per heavy atom. The Kier molecular flexibility index (Phi) is 7.61. The summed E-state index contributed by atoms with van der Waals surface area (Å²) < 4.78 is 12.7. The lowest BCUT2D eigenvalue weighted by atomic mass is 10.2. The molecule has 4 aromatic rings. The van der Waals surface area contributed by atoms with Gasteiger partial charge in [-0.1, -0.05) is 30.0 Å². The van der Waals surface area contributed by atoms with Crippen molar-refractivity contribution in [1.82, 2.24) is 20.2 Å². The van der Waals surface area contributed by atoms with E-state index in [-0.39, 0.29) is 11.7 Å². The highest BCUT2D eigenvalue weighted by atomic mass is 32.2. The number of methoxy groups -OCH3 is 2. The van der Waals surface area contributed by atoms with Gasteiger partial charge in [-0.25, -0.2) is 5.43 Å². The minimum atomic E-state index is -0.231.